The van der Waals surface area contributed by atoms with Crippen molar-refractivity contribution in [2.45, 2.75) is 6.42 Å². The smallest absolute Gasteiger partial charge is 0.255 e. The molecule has 146 valence electrons. The first kappa shape index (κ1) is 17.6. The highest BCUT2D eigenvalue weighted by Crippen LogP contribution is 2.52. The van der Waals surface area contributed by atoms with Crippen molar-refractivity contribution in [1.82, 2.24) is 14.8 Å². The molecule has 4 atom stereocenters. The average molecular weight is 381 g/mol. The quantitative estimate of drug-likeness (QED) is 0.549. The monoisotopic (exact) mass is 381 g/mol. The number of imide groups is 1. The van der Waals surface area contributed by atoms with Crippen LogP contribution in [-0.4, -0.2) is 71.8 Å². The Kier molecular flexibility index (Phi) is 4.27. The van der Waals surface area contributed by atoms with Gasteiger partial charge in [0.1, 0.15) is 0 Å². The number of pyridine rings is 1. The molecule has 0 aromatic carbocycles. The molecule has 7 nitrogen and oxygen atoms in total. The second-order valence-electron chi connectivity index (χ2n) is 8.36. The number of carbonyl (C=O) groups excluding carboxylic acids is 3. The molecule has 2 aliphatic heterocycles. The molecule has 0 radical (unpaired) electrons. The van der Waals surface area contributed by atoms with E-state index in [0.29, 0.717) is 25.2 Å². The number of allylic oxidation sites excluding steroid dienone is 2. The predicted octanol–water partition coefficient (Wildman–Crippen LogP) is -0.771. The molecule has 3 fully saturated rings. The molecule has 3 amide bonds. The van der Waals surface area contributed by atoms with Crippen molar-refractivity contribution < 1.29 is 19.3 Å². The van der Waals surface area contributed by atoms with Crippen LogP contribution in [0.4, 0.5) is 0 Å². The molecule has 4 aliphatic rings. The Morgan fingerprint density at radius 2 is 1.79 bits per heavy atom. The molecular formula is C21H25N4O3+. The van der Waals surface area contributed by atoms with Gasteiger partial charge in [-0.25, -0.2) is 0 Å². The van der Waals surface area contributed by atoms with Gasteiger partial charge in [0.2, 0.25) is 11.8 Å². The van der Waals surface area contributed by atoms with Crippen LogP contribution in [0.25, 0.3) is 0 Å². The first-order valence-electron chi connectivity index (χ1n) is 10.2. The van der Waals surface area contributed by atoms with Gasteiger partial charge >= 0.3 is 0 Å². The fourth-order valence-corrected chi connectivity index (χ4v) is 5.40. The van der Waals surface area contributed by atoms with Crippen LogP contribution in [0.3, 0.4) is 0 Å². The van der Waals surface area contributed by atoms with Crippen molar-refractivity contribution in [2.75, 3.05) is 39.3 Å². The number of piperazine rings is 1. The van der Waals surface area contributed by atoms with Crippen molar-refractivity contribution in [3.05, 3.63) is 42.2 Å². The SMILES string of the molecule is O=C(c1cccnc1)N1CC[NH+](CCN2C(=O)[C@@H]3[C@@H](C2=O)[C@@H]2C=C[C@@H]3C2)CC1. The first-order chi connectivity index (χ1) is 13.6. The Balaban J connectivity index is 1.14. The second-order valence-corrected chi connectivity index (χ2v) is 8.36. The van der Waals surface area contributed by atoms with Crippen LogP contribution in [0, 0.1) is 23.7 Å². The van der Waals surface area contributed by atoms with Gasteiger partial charge in [-0.05, 0) is 30.4 Å². The molecule has 2 bridgehead atoms. The molecule has 7 heteroatoms. The third-order valence-electron chi connectivity index (χ3n) is 6.92. The molecule has 5 rings (SSSR count). The molecular weight excluding hydrogens is 356 g/mol. The molecule has 1 aromatic rings. The normalized spacial score (nSPS) is 31.7. The van der Waals surface area contributed by atoms with Crippen LogP contribution >= 0.6 is 0 Å². The summed E-state index contributed by atoms with van der Waals surface area (Å²) in [5.41, 5.74) is 0.619. The van der Waals surface area contributed by atoms with E-state index in [4.69, 9.17) is 0 Å². The topological polar surface area (TPSA) is 75.0 Å². The number of hydrogen-bond donors (Lipinski definition) is 1. The van der Waals surface area contributed by atoms with Gasteiger partial charge in [0.05, 0.1) is 56.7 Å². The fourth-order valence-electron chi connectivity index (χ4n) is 5.40. The van der Waals surface area contributed by atoms with Crippen LogP contribution in [0.1, 0.15) is 16.8 Å². The lowest BCUT2D eigenvalue weighted by Gasteiger charge is -2.33. The van der Waals surface area contributed by atoms with Crippen LogP contribution in [0.2, 0.25) is 0 Å². The number of quaternary nitrogens is 1. The number of likely N-dealkylation sites (tertiary alicyclic amines) is 1. The van der Waals surface area contributed by atoms with Crippen molar-refractivity contribution in [1.29, 1.82) is 0 Å². The van der Waals surface area contributed by atoms with Crippen molar-refractivity contribution in [3.8, 4) is 0 Å². The van der Waals surface area contributed by atoms with E-state index in [1.165, 1.54) is 9.80 Å². The molecule has 0 unspecified atom stereocenters. The number of nitrogens with one attached hydrogen (secondary N) is 1. The van der Waals surface area contributed by atoms with E-state index in [0.717, 1.165) is 26.1 Å². The van der Waals surface area contributed by atoms with Gasteiger partial charge in [0, 0.05) is 12.4 Å². The molecule has 1 saturated carbocycles. The number of carbonyl (C=O) groups is 3. The minimum atomic E-state index is -0.105. The summed E-state index contributed by atoms with van der Waals surface area (Å²) in [6, 6.07) is 3.56. The zero-order valence-electron chi connectivity index (χ0n) is 15.8. The number of rotatable bonds is 4. The molecule has 2 saturated heterocycles. The Labute approximate surface area is 164 Å². The summed E-state index contributed by atoms with van der Waals surface area (Å²) >= 11 is 0. The standard InChI is InChI=1S/C21H24N4O3/c26-19(16-2-1-5-22-13-16)24-9-6-23(7-10-24)8-11-25-20(27)17-14-3-4-15(12-14)18(17)21(25)28/h1-5,13-15,17-18H,6-12H2/p+1/t14-,15-,17+,18+/m1/s1. The Hall–Kier alpha value is -2.54. The summed E-state index contributed by atoms with van der Waals surface area (Å²) < 4.78 is 0. The van der Waals surface area contributed by atoms with Crippen LogP contribution in [-0.2, 0) is 9.59 Å². The number of aromatic nitrogens is 1. The van der Waals surface area contributed by atoms with Gasteiger partial charge in [-0.2, -0.15) is 0 Å². The van der Waals surface area contributed by atoms with E-state index >= 15 is 0 Å². The summed E-state index contributed by atoms with van der Waals surface area (Å²) in [6.45, 7) is 4.29. The molecule has 0 spiro atoms. The maximum Gasteiger partial charge on any atom is 0.255 e. The van der Waals surface area contributed by atoms with Gasteiger partial charge in [0.25, 0.3) is 5.91 Å². The van der Waals surface area contributed by atoms with Gasteiger partial charge < -0.3 is 9.80 Å². The summed E-state index contributed by atoms with van der Waals surface area (Å²) in [6.07, 6.45) is 8.49. The van der Waals surface area contributed by atoms with E-state index in [9.17, 15) is 14.4 Å². The minimum absolute atomic E-state index is 0.0212. The van der Waals surface area contributed by atoms with Crippen molar-refractivity contribution in [3.63, 3.8) is 0 Å². The highest BCUT2D eigenvalue weighted by molar-refractivity contribution is 6.06. The minimum Gasteiger partial charge on any atom is -0.331 e. The van der Waals surface area contributed by atoms with E-state index in [1.807, 2.05) is 4.90 Å². The number of nitrogens with zero attached hydrogens (tertiary/aromatic N) is 3. The summed E-state index contributed by atoms with van der Waals surface area (Å²) in [5, 5.41) is 0. The second kappa shape index (κ2) is 6.81. The van der Waals surface area contributed by atoms with E-state index in [-0.39, 0.29) is 41.4 Å². The third-order valence-corrected chi connectivity index (χ3v) is 6.92. The Bertz CT molecular complexity index is 801. The molecule has 2 aliphatic carbocycles. The highest BCUT2D eigenvalue weighted by atomic mass is 16.2. The molecule has 3 heterocycles. The predicted molar refractivity (Wildman–Crippen MR) is 100 cm³/mol. The largest absolute Gasteiger partial charge is 0.331 e. The van der Waals surface area contributed by atoms with Gasteiger partial charge in [-0.1, -0.05) is 12.2 Å². The van der Waals surface area contributed by atoms with Crippen LogP contribution in [0.5, 0.6) is 0 Å². The maximum absolute atomic E-state index is 12.8. The van der Waals surface area contributed by atoms with E-state index in [1.54, 1.807) is 24.5 Å². The summed E-state index contributed by atoms with van der Waals surface area (Å²) in [5.74, 6) is 0.427. The van der Waals surface area contributed by atoms with Gasteiger partial charge in [0.15, 0.2) is 0 Å². The maximum atomic E-state index is 12.8. The molecule has 1 aromatic heterocycles. The first-order valence-corrected chi connectivity index (χ1v) is 10.2. The van der Waals surface area contributed by atoms with Crippen molar-refractivity contribution in [2.24, 2.45) is 23.7 Å². The lowest BCUT2D eigenvalue weighted by molar-refractivity contribution is -0.903. The van der Waals surface area contributed by atoms with Gasteiger partial charge in [-0.3, -0.25) is 24.3 Å². The zero-order chi connectivity index (χ0) is 19.3. The number of fused-ring (bicyclic) bond motifs is 5. The van der Waals surface area contributed by atoms with Crippen molar-refractivity contribution >= 4 is 17.7 Å². The Morgan fingerprint density at radius 1 is 1.11 bits per heavy atom. The average Bonchev–Trinajstić information content (AvgIpc) is 3.41. The lowest BCUT2D eigenvalue weighted by atomic mass is 9.85. The third kappa shape index (κ3) is 2.76. The van der Waals surface area contributed by atoms with Crippen LogP contribution in [0.15, 0.2) is 36.7 Å². The highest BCUT2D eigenvalue weighted by Gasteiger charge is 2.59. The molecule has 28 heavy (non-hydrogen) atoms. The van der Waals surface area contributed by atoms with E-state index < -0.39 is 0 Å². The zero-order valence-corrected chi connectivity index (χ0v) is 15.8. The van der Waals surface area contributed by atoms with E-state index in [2.05, 4.69) is 17.1 Å². The summed E-state index contributed by atoms with van der Waals surface area (Å²) in [7, 11) is 0. The summed E-state index contributed by atoms with van der Waals surface area (Å²) in [4.78, 5) is 46.8. The molecule has 1 N–H and O–H groups in total. The Morgan fingerprint density at radius 3 is 2.39 bits per heavy atom. The number of hydrogen-bond acceptors (Lipinski definition) is 4. The van der Waals surface area contributed by atoms with Crippen LogP contribution < -0.4 is 4.90 Å². The fraction of sp³-hybridized carbons (Fsp3) is 0.524. The van der Waals surface area contributed by atoms with Gasteiger partial charge in [-0.15, -0.1) is 0 Å². The number of amides is 3. The lowest BCUT2D eigenvalue weighted by Crippen LogP contribution is -3.15.